The van der Waals surface area contributed by atoms with E-state index in [1.54, 1.807) is 0 Å². The molecule has 3 heteroatoms. The minimum atomic E-state index is -0.0282. The quantitative estimate of drug-likeness (QED) is 0.472. The number of rotatable bonds is 9. The maximum absolute atomic E-state index is 5.47. The molecule has 0 bridgehead atoms. The fourth-order valence-electron chi connectivity index (χ4n) is 1.59. The highest BCUT2D eigenvalue weighted by atomic mass is 16.7. The van der Waals surface area contributed by atoms with Gasteiger partial charge in [0, 0.05) is 26.2 Å². The molecule has 1 N–H and O–H groups in total. The summed E-state index contributed by atoms with van der Waals surface area (Å²) in [6.07, 6.45) is 3.66. The SMILES string of the molecule is CCOC(CCNCC1(C)CC1)OCC. The normalized spacial score (nSPS) is 18.4. The molecule has 1 aliphatic carbocycles. The van der Waals surface area contributed by atoms with Gasteiger partial charge in [-0.2, -0.15) is 0 Å². The van der Waals surface area contributed by atoms with Crippen molar-refractivity contribution in [1.29, 1.82) is 0 Å². The van der Waals surface area contributed by atoms with Crippen LogP contribution >= 0.6 is 0 Å². The van der Waals surface area contributed by atoms with Crippen molar-refractivity contribution in [2.45, 2.75) is 46.3 Å². The first-order valence-electron chi connectivity index (χ1n) is 6.14. The number of hydrogen-bond donors (Lipinski definition) is 1. The number of hydrogen-bond acceptors (Lipinski definition) is 3. The van der Waals surface area contributed by atoms with Crippen LogP contribution in [0.1, 0.15) is 40.0 Å². The van der Waals surface area contributed by atoms with Gasteiger partial charge in [0.15, 0.2) is 6.29 Å². The second-order valence-electron chi connectivity index (χ2n) is 4.62. The lowest BCUT2D eigenvalue weighted by Crippen LogP contribution is -2.28. The molecule has 0 radical (unpaired) electrons. The average Bonchev–Trinajstić information content (AvgIpc) is 2.92. The molecule has 1 rings (SSSR count). The van der Waals surface area contributed by atoms with Crippen molar-refractivity contribution in [2.75, 3.05) is 26.3 Å². The number of nitrogens with one attached hydrogen (secondary N) is 1. The summed E-state index contributed by atoms with van der Waals surface area (Å²) in [5.41, 5.74) is 0.590. The summed E-state index contributed by atoms with van der Waals surface area (Å²) in [6, 6.07) is 0. The van der Waals surface area contributed by atoms with Gasteiger partial charge < -0.3 is 14.8 Å². The molecule has 0 aromatic carbocycles. The highest BCUT2D eigenvalue weighted by molar-refractivity contribution is 4.90. The van der Waals surface area contributed by atoms with Gasteiger partial charge in [-0.3, -0.25) is 0 Å². The molecule has 0 atom stereocenters. The van der Waals surface area contributed by atoms with Gasteiger partial charge in [0.1, 0.15) is 0 Å². The molecule has 1 fully saturated rings. The first kappa shape index (κ1) is 12.9. The van der Waals surface area contributed by atoms with Crippen molar-refractivity contribution in [1.82, 2.24) is 5.32 Å². The molecule has 15 heavy (non-hydrogen) atoms. The van der Waals surface area contributed by atoms with Gasteiger partial charge in [-0.05, 0) is 38.6 Å². The topological polar surface area (TPSA) is 30.5 Å². The standard InChI is InChI=1S/C12H25NO2/c1-4-14-11(15-5-2)6-9-13-10-12(3)7-8-12/h11,13H,4-10H2,1-3H3. The Morgan fingerprint density at radius 1 is 1.20 bits per heavy atom. The Morgan fingerprint density at radius 3 is 2.27 bits per heavy atom. The summed E-state index contributed by atoms with van der Waals surface area (Å²) in [7, 11) is 0. The van der Waals surface area contributed by atoms with Crippen molar-refractivity contribution >= 4 is 0 Å². The lowest BCUT2D eigenvalue weighted by molar-refractivity contribution is -0.138. The molecular formula is C12H25NO2. The van der Waals surface area contributed by atoms with E-state index in [9.17, 15) is 0 Å². The highest BCUT2D eigenvalue weighted by Crippen LogP contribution is 2.43. The molecule has 1 aliphatic rings. The van der Waals surface area contributed by atoms with E-state index in [0.717, 1.165) is 32.7 Å². The molecule has 3 nitrogen and oxygen atoms in total. The zero-order valence-electron chi connectivity index (χ0n) is 10.3. The molecule has 0 amide bonds. The molecule has 0 aromatic heterocycles. The second-order valence-corrected chi connectivity index (χ2v) is 4.62. The van der Waals surface area contributed by atoms with Gasteiger partial charge in [0.05, 0.1) is 0 Å². The van der Waals surface area contributed by atoms with Gasteiger partial charge in [-0.15, -0.1) is 0 Å². The van der Waals surface area contributed by atoms with E-state index in [-0.39, 0.29) is 6.29 Å². The third kappa shape index (κ3) is 5.50. The summed E-state index contributed by atoms with van der Waals surface area (Å²) >= 11 is 0. The molecule has 0 aromatic rings. The smallest absolute Gasteiger partial charge is 0.158 e. The summed E-state index contributed by atoms with van der Waals surface area (Å²) in [5.74, 6) is 0. The Balaban J connectivity index is 1.99. The van der Waals surface area contributed by atoms with Crippen LogP contribution in [0, 0.1) is 5.41 Å². The lowest BCUT2D eigenvalue weighted by Gasteiger charge is -2.17. The third-order valence-electron chi connectivity index (χ3n) is 2.92. The van der Waals surface area contributed by atoms with E-state index in [4.69, 9.17) is 9.47 Å². The molecule has 0 unspecified atom stereocenters. The van der Waals surface area contributed by atoms with Crippen molar-refractivity contribution in [3.8, 4) is 0 Å². The molecular weight excluding hydrogens is 190 g/mol. The molecule has 0 heterocycles. The van der Waals surface area contributed by atoms with Gasteiger partial charge in [0.2, 0.25) is 0 Å². The zero-order chi connectivity index (χ0) is 11.1. The van der Waals surface area contributed by atoms with Crippen LogP contribution in [0.4, 0.5) is 0 Å². The van der Waals surface area contributed by atoms with E-state index in [2.05, 4.69) is 12.2 Å². The highest BCUT2D eigenvalue weighted by Gasteiger charge is 2.36. The predicted molar refractivity (Wildman–Crippen MR) is 61.9 cm³/mol. The van der Waals surface area contributed by atoms with Crippen LogP contribution in [0.25, 0.3) is 0 Å². The van der Waals surface area contributed by atoms with Crippen molar-refractivity contribution in [3.05, 3.63) is 0 Å². The Morgan fingerprint density at radius 2 is 1.80 bits per heavy atom. The fourth-order valence-corrected chi connectivity index (χ4v) is 1.59. The third-order valence-corrected chi connectivity index (χ3v) is 2.92. The van der Waals surface area contributed by atoms with Crippen LogP contribution in [0.5, 0.6) is 0 Å². The van der Waals surface area contributed by atoms with Gasteiger partial charge in [0.25, 0.3) is 0 Å². The van der Waals surface area contributed by atoms with E-state index in [1.807, 2.05) is 13.8 Å². The molecule has 90 valence electrons. The maximum atomic E-state index is 5.47. The maximum Gasteiger partial charge on any atom is 0.158 e. The van der Waals surface area contributed by atoms with Crippen LogP contribution in [0.3, 0.4) is 0 Å². The van der Waals surface area contributed by atoms with Crippen molar-refractivity contribution in [3.63, 3.8) is 0 Å². The Kier molecular flexibility index (Phi) is 5.58. The van der Waals surface area contributed by atoms with Gasteiger partial charge >= 0.3 is 0 Å². The zero-order valence-corrected chi connectivity index (χ0v) is 10.3. The van der Waals surface area contributed by atoms with E-state index in [0.29, 0.717) is 5.41 Å². The first-order chi connectivity index (χ1) is 7.20. The first-order valence-corrected chi connectivity index (χ1v) is 6.14. The lowest BCUT2D eigenvalue weighted by atomic mass is 10.1. The van der Waals surface area contributed by atoms with E-state index in [1.165, 1.54) is 12.8 Å². The Labute approximate surface area is 93.5 Å². The average molecular weight is 215 g/mol. The fraction of sp³-hybridized carbons (Fsp3) is 1.00. The Hall–Kier alpha value is -0.120. The van der Waals surface area contributed by atoms with E-state index < -0.39 is 0 Å². The molecule has 0 saturated heterocycles. The van der Waals surface area contributed by atoms with Gasteiger partial charge in [-0.1, -0.05) is 6.92 Å². The van der Waals surface area contributed by atoms with Crippen molar-refractivity contribution in [2.24, 2.45) is 5.41 Å². The van der Waals surface area contributed by atoms with Crippen molar-refractivity contribution < 1.29 is 9.47 Å². The van der Waals surface area contributed by atoms with Crippen LogP contribution in [-0.4, -0.2) is 32.6 Å². The molecule has 0 aliphatic heterocycles. The summed E-state index contributed by atoms with van der Waals surface area (Å²) in [6.45, 7) is 9.92. The van der Waals surface area contributed by atoms with Crippen LogP contribution in [-0.2, 0) is 9.47 Å². The monoisotopic (exact) mass is 215 g/mol. The summed E-state index contributed by atoms with van der Waals surface area (Å²) < 4.78 is 10.9. The van der Waals surface area contributed by atoms with E-state index >= 15 is 0 Å². The van der Waals surface area contributed by atoms with Gasteiger partial charge in [-0.25, -0.2) is 0 Å². The minimum Gasteiger partial charge on any atom is -0.353 e. The largest absolute Gasteiger partial charge is 0.353 e. The van der Waals surface area contributed by atoms with Crippen LogP contribution in [0.2, 0.25) is 0 Å². The summed E-state index contributed by atoms with van der Waals surface area (Å²) in [4.78, 5) is 0. The van der Waals surface area contributed by atoms with Crippen LogP contribution < -0.4 is 5.32 Å². The predicted octanol–water partition coefficient (Wildman–Crippen LogP) is 2.17. The molecule has 0 spiro atoms. The molecule has 1 saturated carbocycles. The second kappa shape index (κ2) is 6.46. The van der Waals surface area contributed by atoms with Crippen LogP contribution in [0.15, 0.2) is 0 Å². The summed E-state index contributed by atoms with van der Waals surface area (Å²) in [5, 5.41) is 3.48. The minimum absolute atomic E-state index is 0.0282. The Bertz CT molecular complexity index is 163. The number of ether oxygens (including phenoxy) is 2.